The van der Waals surface area contributed by atoms with E-state index in [-0.39, 0.29) is 11.8 Å². The topological polar surface area (TPSA) is 75.4 Å². The van der Waals surface area contributed by atoms with Crippen molar-refractivity contribution in [1.29, 1.82) is 0 Å². The number of nitrogens with two attached hydrogens (primary N) is 1. The molecule has 5 heteroatoms. The number of urea groups is 1. The number of carbonyl (C=O) groups excluding carboxylic acids is 2. The number of likely N-dealkylation sites (tertiary alicyclic amines) is 1. The molecule has 0 aromatic heterocycles. The van der Waals surface area contributed by atoms with Gasteiger partial charge in [0, 0.05) is 19.1 Å². The third-order valence-electron chi connectivity index (χ3n) is 3.03. The molecule has 1 atom stereocenters. The number of rotatable bonds is 2. The van der Waals surface area contributed by atoms with Crippen molar-refractivity contribution in [3.8, 4) is 0 Å². The van der Waals surface area contributed by atoms with E-state index < -0.39 is 6.03 Å². The van der Waals surface area contributed by atoms with Crippen molar-refractivity contribution < 1.29 is 9.59 Å². The number of carbonyl (C=O) groups is 2. The lowest BCUT2D eigenvalue weighted by Crippen LogP contribution is -2.47. The van der Waals surface area contributed by atoms with Crippen LogP contribution in [0.2, 0.25) is 0 Å². The molecule has 2 fully saturated rings. The first-order valence-corrected chi connectivity index (χ1v) is 5.51. The Kier molecular flexibility index (Phi) is 2.79. The Balaban J connectivity index is 1.85. The monoisotopic (exact) mass is 211 g/mol. The lowest BCUT2D eigenvalue weighted by Gasteiger charge is -2.30. The molecule has 0 aromatic carbocycles. The molecule has 1 saturated carbocycles. The molecule has 1 heterocycles. The van der Waals surface area contributed by atoms with Crippen molar-refractivity contribution in [3.63, 3.8) is 0 Å². The quantitative estimate of drug-likeness (QED) is 0.677. The second kappa shape index (κ2) is 4.08. The Labute approximate surface area is 89.0 Å². The van der Waals surface area contributed by atoms with Crippen LogP contribution in [0.3, 0.4) is 0 Å². The van der Waals surface area contributed by atoms with Crippen LogP contribution in [-0.2, 0) is 4.79 Å². The maximum absolute atomic E-state index is 11.7. The zero-order chi connectivity index (χ0) is 10.8. The summed E-state index contributed by atoms with van der Waals surface area (Å²) in [4.78, 5) is 24.3. The first-order chi connectivity index (χ1) is 7.16. The van der Waals surface area contributed by atoms with Crippen LogP contribution in [0.25, 0.3) is 0 Å². The van der Waals surface area contributed by atoms with Gasteiger partial charge in [-0.1, -0.05) is 0 Å². The van der Waals surface area contributed by atoms with Gasteiger partial charge in [0.1, 0.15) is 0 Å². The van der Waals surface area contributed by atoms with Crippen LogP contribution >= 0.6 is 0 Å². The summed E-state index contributed by atoms with van der Waals surface area (Å²) < 4.78 is 0. The molecule has 1 unspecified atom stereocenters. The highest BCUT2D eigenvalue weighted by atomic mass is 16.2. The van der Waals surface area contributed by atoms with Crippen molar-refractivity contribution in [3.05, 3.63) is 0 Å². The van der Waals surface area contributed by atoms with E-state index in [0.29, 0.717) is 19.1 Å². The van der Waals surface area contributed by atoms with Gasteiger partial charge in [0.15, 0.2) is 0 Å². The standard InChI is InChI=1S/C10H17N3O2/c11-10(15)13-5-1-2-7(6-13)9(14)12-8-3-4-8/h7-8H,1-6H2,(H2,11,15)(H,12,14). The predicted octanol–water partition coefficient (Wildman–Crippen LogP) is 0.0557. The molecule has 84 valence electrons. The molecule has 0 spiro atoms. The molecule has 15 heavy (non-hydrogen) atoms. The third kappa shape index (κ3) is 2.61. The number of hydrogen-bond donors (Lipinski definition) is 2. The first kappa shape index (κ1) is 10.3. The van der Waals surface area contributed by atoms with Gasteiger partial charge in [-0.05, 0) is 25.7 Å². The Hall–Kier alpha value is -1.26. The third-order valence-corrected chi connectivity index (χ3v) is 3.03. The van der Waals surface area contributed by atoms with Crippen LogP contribution in [-0.4, -0.2) is 36.0 Å². The highest BCUT2D eigenvalue weighted by Crippen LogP contribution is 2.22. The van der Waals surface area contributed by atoms with E-state index >= 15 is 0 Å². The maximum atomic E-state index is 11.7. The summed E-state index contributed by atoms with van der Waals surface area (Å²) in [6, 6.07) is -0.0274. The fraction of sp³-hybridized carbons (Fsp3) is 0.800. The van der Waals surface area contributed by atoms with Crippen molar-refractivity contribution in [2.75, 3.05) is 13.1 Å². The average Bonchev–Trinajstić information content (AvgIpc) is 3.02. The van der Waals surface area contributed by atoms with E-state index in [9.17, 15) is 9.59 Å². The number of piperidine rings is 1. The summed E-state index contributed by atoms with van der Waals surface area (Å²) in [5.74, 6) is 0.0234. The number of hydrogen-bond acceptors (Lipinski definition) is 2. The van der Waals surface area contributed by atoms with Crippen LogP contribution in [0.5, 0.6) is 0 Å². The van der Waals surface area contributed by atoms with Crippen LogP contribution < -0.4 is 11.1 Å². The fourth-order valence-corrected chi connectivity index (χ4v) is 1.94. The van der Waals surface area contributed by atoms with Gasteiger partial charge in [-0.3, -0.25) is 4.79 Å². The summed E-state index contributed by atoms with van der Waals surface area (Å²) in [5.41, 5.74) is 5.20. The molecule has 1 aliphatic carbocycles. The molecule has 0 radical (unpaired) electrons. The van der Waals surface area contributed by atoms with Gasteiger partial charge in [-0.2, -0.15) is 0 Å². The first-order valence-electron chi connectivity index (χ1n) is 5.51. The Morgan fingerprint density at radius 2 is 2.00 bits per heavy atom. The normalized spacial score (nSPS) is 26.1. The van der Waals surface area contributed by atoms with Crippen molar-refractivity contribution in [2.45, 2.75) is 31.7 Å². The van der Waals surface area contributed by atoms with Crippen molar-refractivity contribution >= 4 is 11.9 Å². The summed E-state index contributed by atoms with van der Waals surface area (Å²) in [5, 5.41) is 2.97. The largest absolute Gasteiger partial charge is 0.353 e. The van der Waals surface area contributed by atoms with E-state index in [1.54, 1.807) is 4.90 Å². The highest BCUT2D eigenvalue weighted by molar-refractivity contribution is 5.81. The highest BCUT2D eigenvalue weighted by Gasteiger charge is 2.31. The van der Waals surface area contributed by atoms with E-state index in [1.165, 1.54) is 0 Å². The molecule has 2 rings (SSSR count). The van der Waals surface area contributed by atoms with Gasteiger partial charge in [0.25, 0.3) is 0 Å². The molecule has 5 nitrogen and oxygen atoms in total. The Bertz CT molecular complexity index is 276. The molecule has 0 aromatic rings. The summed E-state index contributed by atoms with van der Waals surface area (Å²) in [6.45, 7) is 1.16. The molecular formula is C10H17N3O2. The predicted molar refractivity (Wildman–Crippen MR) is 55.0 cm³/mol. The van der Waals surface area contributed by atoms with Gasteiger partial charge in [-0.25, -0.2) is 4.79 Å². The van der Waals surface area contributed by atoms with Crippen LogP contribution in [0.1, 0.15) is 25.7 Å². The minimum Gasteiger partial charge on any atom is -0.353 e. The Morgan fingerprint density at radius 1 is 1.27 bits per heavy atom. The average molecular weight is 211 g/mol. The smallest absolute Gasteiger partial charge is 0.314 e. The van der Waals surface area contributed by atoms with Crippen LogP contribution in [0, 0.1) is 5.92 Å². The molecule has 2 aliphatic rings. The van der Waals surface area contributed by atoms with Gasteiger partial charge in [0.05, 0.1) is 5.92 Å². The molecule has 1 aliphatic heterocycles. The summed E-state index contributed by atoms with van der Waals surface area (Å²) >= 11 is 0. The second-order valence-electron chi connectivity index (χ2n) is 4.41. The van der Waals surface area contributed by atoms with Gasteiger partial charge in [0.2, 0.25) is 5.91 Å². The zero-order valence-electron chi connectivity index (χ0n) is 8.74. The van der Waals surface area contributed by atoms with E-state index in [2.05, 4.69) is 5.32 Å². The number of primary amides is 1. The molecule has 1 saturated heterocycles. The minimum atomic E-state index is -0.418. The van der Waals surface area contributed by atoms with Gasteiger partial charge >= 0.3 is 6.03 Å². The lowest BCUT2D eigenvalue weighted by molar-refractivity contribution is -0.126. The SMILES string of the molecule is NC(=O)N1CCCC(C(=O)NC2CC2)C1. The van der Waals surface area contributed by atoms with E-state index in [4.69, 9.17) is 5.73 Å². The number of nitrogens with one attached hydrogen (secondary N) is 1. The molecule has 3 amide bonds. The summed E-state index contributed by atoms with van der Waals surface area (Å²) in [6.07, 6.45) is 3.92. The Morgan fingerprint density at radius 3 is 2.60 bits per heavy atom. The second-order valence-corrected chi connectivity index (χ2v) is 4.41. The van der Waals surface area contributed by atoms with Crippen LogP contribution in [0.15, 0.2) is 0 Å². The van der Waals surface area contributed by atoms with Crippen molar-refractivity contribution in [1.82, 2.24) is 10.2 Å². The number of amides is 3. The summed E-state index contributed by atoms with van der Waals surface area (Å²) in [7, 11) is 0. The molecule has 3 N–H and O–H groups in total. The maximum Gasteiger partial charge on any atom is 0.314 e. The van der Waals surface area contributed by atoms with Gasteiger partial charge < -0.3 is 16.0 Å². The van der Waals surface area contributed by atoms with Gasteiger partial charge in [-0.15, -0.1) is 0 Å². The minimum absolute atomic E-state index is 0.0631. The van der Waals surface area contributed by atoms with E-state index in [0.717, 1.165) is 25.7 Å². The molecular weight excluding hydrogens is 194 g/mol. The van der Waals surface area contributed by atoms with Crippen LogP contribution in [0.4, 0.5) is 4.79 Å². The fourth-order valence-electron chi connectivity index (χ4n) is 1.94. The van der Waals surface area contributed by atoms with Crippen molar-refractivity contribution in [2.24, 2.45) is 11.7 Å². The van der Waals surface area contributed by atoms with E-state index in [1.807, 2.05) is 0 Å². The molecule has 0 bridgehead atoms. The zero-order valence-corrected chi connectivity index (χ0v) is 8.74. The number of nitrogens with zero attached hydrogens (tertiary/aromatic N) is 1. The lowest BCUT2D eigenvalue weighted by atomic mass is 9.97.